The Kier molecular flexibility index (Phi) is 5.90. The molecule has 0 unspecified atom stereocenters. The van der Waals surface area contributed by atoms with Gasteiger partial charge in [0, 0.05) is 10.5 Å². The number of hydrogen-bond acceptors (Lipinski definition) is 5. The molecule has 31 heavy (non-hydrogen) atoms. The predicted octanol–water partition coefficient (Wildman–Crippen LogP) is 5.46. The zero-order valence-corrected chi connectivity index (χ0v) is 17.7. The minimum absolute atomic E-state index is 0.0460. The molecule has 0 aliphatic heterocycles. The number of rotatable bonds is 6. The number of nitro benzene ring substituents is 1. The van der Waals surface area contributed by atoms with Crippen LogP contribution < -0.4 is 5.43 Å². The van der Waals surface area contributed by atoms with Crippen LogP contribution in [0.5, 0.6) is 0 Å². The molecule has 154 valence electrons. The van der Waals surface area contributed by atoms with E-state index in [9.17, 15) is 14.9 Å². The molecular weight excluding hydrogens is 462 g/mol. The predicted molar refractivity (Wildman–Crippen MR) is 122 cm³/mol. The van der Waals surface area contributed by atoms with E-state index >= 15 is 0 Å². The number of nitro groups is 1. The van der Waals surface area contributed by atoms with E-state index in [4.69, 9.17) is 4.42 Å². The van der Waals surface area contributed by atoms with Crippen molar-refractivity contribution in [2.75, 3.05) is 0 Å². The van der Waals surface area contributed by atoms with E-state index in [1.807, 2.05) is 36.4 Å². The van der Waals surface area contributed by atoms with Crippen molar-refractivity contribution >= 4 is 44.5 Å². The van der Waals surface area contributed by atoms with Crippen LogP contribution in [0.3, 0.4) is 0 Å². The first-order valence-electron chi connectivity index (χ1n) is 9.34. The number of furan rings is 1. The summed E-state index contributed by atoms with van der Waals surface area (Å²) < 4.78 is 6.59. The Labute approximate surface area is 185 Å². The highest BCUT2D eigenvalue weighted by atomic mass is 79.9. The highest BCUT2D eigenvalue weighted by Gasteiger charge is 2.16. The number of halogens is 1. The van der Waals surface area contributed by atoms with Gasteiger partial charge in [-0.15, -0.1) is 0 Å². The molecule has 1 aromatic heterocycles. The third-order valence-corrected chi connectivity index (χ3v) is 5.38. The molecule has 0 saturated carbocycles. The molecule has 1 heterocycles. The molecule has 0 atom stereocenters. The van der Waals surface area contributed by atoms with Crippen LogP contribution in [0, 0.1) is 10.1 Å². The van der Waals surface area contributed by atoms with Crippen LogP contribution >= 0.6 is 15.9 Å². The number of hydrogen-bond donors (Lipinski definition) is 1. The van der Waals surface area contributed by atoms with E-state index in [1.54, 1.807) is 30.3 Å². The smallest absolute Gasteiger partial charge is 0.280 e. The van der Waals surface area contributed by atoms with Gasteiger partial charge in [0.2, 0.25) is 5.91 Å². The SMILES string of the molecule is O=C(Cc1ccc(Br)c2ccccc12)N/N=C\c1ccc(-c2ccccc2[N+](=O)[O-])o1. The van der Waals surface area contributed by atoms with Gasteiger partial charge >= 0.3 is 0 Å². The highest BCUT2D eigenvalue weighted by Crippen LogP contribution is 2.30. The van der Waals surface area contributed by atoms with Crippen molar-refractivity contribution in [2.24, 2.45) is 5.10 Å². The van der Waals surface area contributed by atoms with Crippen LogP contribution in [0.2, 0.25) is 0 Å². The number of hydrazone groups is 1. The van der Waals surface area contributed by atoms with E-state index in [0.29, 0.717) is 17.1 Å². The van der Waals surface area contributed by atoms with Gasteiger partial charge in [0.05, 0.1) is 23.1 Å². The summed E-state index contributed by atoms with van der Waals surface area (Å²) in [6, 6.07) is 21.2. The lowest BCUT2D eigenvalue weighted by Crippen LogP contribution is -2.19. The van der Waals surface area contributed by atoms with Crippen LogP contribution in [-0.2, 0) is 11.2 Å². The Morgan fingerprint density at radius 3 is 2.58 bits per heavy atom. The molecular formula is C23H16BrN3O4. The molecule has 0 fully saturated rings. The number of benzene rings is 3. The van der Waals surface area contributed by atoms with Gasteiger partial charge in [-0.2, -0.15) is 5.10 Å². The van der Waals surface area contributed by atoms with E-state index < -0.39 is 4.92 Å². The molecule has 3 aromatic carbocycles. The molecule has 0 aliphatic rings. The number of carbonyl (C=O) groups is 1. The van der Waals surface area contributed by atoms with Gasteiger partial charge in [-0.1, -0.05) is 58.4 Å². The lowest BCUT2D eigenvalue weighted by atomic mass is 10.0. The van der Waals surface area contributed by atoms with Crippen molar-refractivity contribution in [3.8, 4) is 11.3 Å². The summed E-state index contributed by atoms with van der Waals surface area (Å²) >= 11 is 3.52. The molecule has 0 spiro atoms. The van der Waals surface area contributed by atoms with Crippen LogP contribution in [0.25, 0.3) is 22.1 Å². The second-order valence-corrected chi connectivity index (χ2v) is 7.55. The minimum Gasteiger partial charge on any atom is -0.455 e. The van der Waals surface area contributed by atoms with Crippen molar-refractivity contribution in [3.63, 3.8) is 0 Å². The fourth-order valence-electron chi connectivity index (χ4n) is 3.27. The number of nitrogens with zero attached hydrogens (tertiary/aromatic N) is 2. The summed E-state index contributed by atoms with van der Waals surface area (Å²) in [5, 5.41) is 17.2. The Morgan fingerprint density at radius 2 is 1.77 bits per heavy atom. The van der Waals surface area contributed by atoms with Gasteiger partial charge in [-0.25, -0.2) is 5.43 Å². The third-order valence-electron chi connectivity index (χ3n) is 4.69. The second-order valence-electron chi connectivity index (χ2n) is 6.70. The first-order chi connectivity index (χ1) is 15.0. The van der Waals surface area contributed by atoms with E-state index in [1.165, 1.54) is 12.3 Å². The molecule has 4 aromatic rings. The fraction of sp³-hybridized carbons (Fsp3) is 0.0435. The molecule has 8 heteroatoms. The maximum Gasteiger partial charge on any atom is 0.280 e. The molecule has 0 radical (unpaired) electrons. The van der Waals surface area contributed by atoms with Gasteiger partial charge in [0.1, 0.15) is 11.5 Å². The minimum atomic E-state index is -0.461. The Hall–Kier alpha value is -3.78. The standard InChI is InChI=1S/C23H16BrN3O4/c24-20-11-9-15(17-5-1-2-6-18(17)20)13-23(28)26-25-14-16-10-12-22(31-16)19-7-3-4-8-21(19)27(29)30/h1-12,14H,13H2,(H,26,28)/b25-14-. The van der Waals surface area contributed by atoms with E-state index in [0.717, 1.165) is 20.8 Å². The fourth-order valence-corrected chi connectivity index (χ4v) is 3.75. The average molecular weight is 478 g/mol. The molecule has 0 aliphatic carbocycles. The number of fused-ring (bicyclic) bond motifs is 1. The lowest BCUT2D eigenvalue weighted by molar-refractivity contribution is -0.384. The maximum absolute atomic E-state index is 12.3. The van der Waals surface area contributed by atoms with Gasteiger partial charge in [0.15, 0.2) is 0 Å². The average Bonchev–Trinajstić information content (AvgIpc) is 3.25. The molecule has 0 bridgehead atoms. The Balaban J connectivity index is 1.44. The normalized spacial score (nSPS) is 11.1. The van der Waals surface area contributed by atoms with E-state index in [2.05, 4.69) is 26.5 Å². The van der Waals surface area contributed by atoms with Crippen molar-refractivity contribution in [2.45, 2.75) is 6.42 Å². The highest BCUT2D eigenvalue weighted by molar-refractivity contribution is 9.10. The number of amides is 1. The summed E-state index contributed by atoms with van der Waals surface area (Å²) in [5.41, 5.74) is 3.71. The summed E-state index contributed by atoms with van der Waals surface area (Å²) in [7, 11) is 0. The number of carbonyl (C=O) groups excluding carboxylic acids is 1. The quantitative estimate of drug-likeness (QED) is 0.226. The largest absolute Gasteiger partial charge is 0.455 e. The van der Waals surface area contributed by atoms with E-state index in [-0.39, 0.29) is 18.0 Å². The van der Waals surface area contributed by atoms with Gasteiger partial charge in [-0.05, 0) is 40.6 Å². The lowest BCUT2D eigenvalue weighted by Gasteiger charge is -2.07. The molecule has 1 amide bonds. The maximum atomic E-state index is 12.3. The molecule has 4 rings (SSSR count). The van der Waals surface area contributed by atoms with Crippen LogP contribution in [0.1, 0.15) is 11.3 Å². The zero-order chi connectivity index (χ0) is 21.8. The molecule has 1 N–H and O–H groups in total. The Morgan fingerprint density at radius 1 is 1.03 bits per heavy atom. The molecule has 0 saturated heterocycles. The number of nitrogens with one attached hydrogen (secondary N) is 1. The number of para-hydroxylation sites is 1. The van der Waals surface area contributed by atoms with Gasteiger partial charge in [-0.3, -0.25) is 14.9 Å². The van der Waals surface area contributed by atoms with Crippen LogP contribution in [0.15, 0.2) is 86.8 Å². The second kappa shape index (κ2) is 8.93. The van der Waals surface area contributed by atoms with Crippen molar-refractivity contribution < 1.29 is 14.1 Å². The van der Waals surface area contributed by atoms with Gasteiger partial charge in [0.25, 0.3) is 5.69 Å². The summed E-state index contributed by atoms with van der Waals surface area (Å²) in [6.45, 7) is 0. The molecule has 7 nitrogen and oxygen atoms in total. The zero-order valence-electron chi connectivity index (χ0n) is 16.1. The van der Waals surface area contributed by atoms with Crippen molar-refractivity contribution in [3.05, 3.63) is 98.7 Å². The van der Waals surface area contributed by atoms with Gasteiger partial charge < -0.3 is 4.42 Å². The topological polar surface area (TPSA) is 97.7 Å². The van der Waals surface area contributed by atoms with Crippen LogP contribution in [0.4, 0.5) is 5.69 Å². The van der Waals surface area contributed by atoms with Crippen LogP contribution in [-0.4, -0.2) is 17.0 Å². The Bertz CT molecular complexity index is 1310. The van der Waals surface area contributed by atoms with Crippen molar-refractivity contribution in [1.82, 2.24) is 5.43 Å². The first-order valence-corrected chi connectivity index (χ1v) is 10.1. The summed E-state index contributed by atoms with van der Waals surface area (Å²) in [5.74, 6) is 0.443. The third kappa shape index (κ3) is 4.54. The summed E-state index contributed by atoms with van der Waals surface area (Å²) in [4.78, 5) is 23.1. The summed E-state index contributed by atoms with van der Waals surface area (Å²) in [6.07, 6.45) is 1.53. The monoisotopic (exact) mass is 477 g/mol. The first kappa shape index (κ1) is 20.5. The van der Waals surface area contributed by atoms with Crippen molar-refractivity contribution in [1.29, 1.82) is 0 Å².